The Morgan fingerprint density at radius 1 is 1.11 bits per heavy atom. The van der Waals surface area contributed by atoms with Crippen molar-refractivity contribution < 1.29 is 31.1 Å². The van der Waals surface area contributed by atoms with E-state index in [0.717, 1.165) is 42.0 Å². The lowest BCUT2D eigenvalue weighted by molar-refractivity contribution is -0.119. The van der Waals surface area contributed by atoms with Crippen molar-refractivity contribution in [2.24, 2.45) is 29.4 Å². The molecule has 36 heavy (non-hydrogen) atoms. The summed E-state index contributed by atoms with van der Waals surface area (Å²) in [5.41, 5.74) is 6.95. The van der Waals surface area contributed by atoms with Crippen LogP contribution in [0.25, 0.3) is 0 Å². The number of alkyl halides is 1. The smallest absolute Gasteiger partial charge is 0.304 e. The molecule has 0 radical (unpaired) electrons. The molecule has 1 saturated heterocycles. The van der Waals surface area contributed by atoms with E-state index < -0.39 is 56.9 Å². The molecule has 6 unspecified atom stereocenters. The summed E-state index contributed by atoms with van der Waals surface area (Å²) in [6.07, 6.45) is 4.79. The number of nitrogens with zero attached hydrogens (tertiary/aromatic N) is 2. The van der Waals surface area contributed by atoms with Crippen molar-refractivity contribution in [1.29, 1.82) is 0 Å². The fraction of sp³-hybridized carbons (Fsp3) is 0.870. The number of carbonyl (C=O) groups is 1. The van der Waals surface area contributed by atoms with Crippen LogP contribution in [0.15, 0.2) is 11.6 Å². The summed E-state index contributed by atoms with van der Waals surface area (Å²) in [6.45, 7) is 0.156. The first-order valence-corrected chi connectivity index (χ1v) is 16.1. The highest BCUT2D eigenvalue weighted by Crippen LogP contribution is 2.48. The minimum atomic E-state index is -4.17. The Labute approximate surface area is 212 Å². The highest BCUT2D eigenvalue weighted by Gasteiger charge is 2.54. The second-order valence-corrected chi connectivity index (χ2v) is 15.0. The zero-order chi connectivity index (χ0) is 25.8. The molecular weight excluding hydrogens is 511 g/mol. The zero-order valence-electron chi connectivity index (χ0n) is 20.3. The normalized spacial score (nSPS) is 42.1. The molecule has 13 heteroatoms. The van der Waals surface area contributed by atoms with Gasteiger partial charge in [-0.3, -0.25) is 4.79 Å². The highest BCUT2D eigenvalue weighted by molar-refractivity contribution is 7.89. The quantitative estimate of drug-likeness (QED) is 0.417. The number of hydrogen-bond acceptors (Lipinski definition) is 7. The first kappa shape index (κ1) is 26.5. The van der Waals surface area contributed by atoms with Crippen LogP contribution >= 0.6 is 0 Å². The number of sulfonamides is 1. The molecule has 4 fully saturated rings. The van der Waals surface area contributed by atoms with Crippen LogP contribution in [0, 0.1) is 23.7 Å². The first-order chi connectivity index (χ1) is 16.9. The number of rotatable bonds is 5. The van der Waals surface area contributed by atoms with Gasteiger partial charge in [-0.25, -0.2) is 17.5 Å². The zero-order valence-corrected chi connectivity index (χ0v) is 22.0. The Hall–Kier alpha value is -1.12. The van der Waals surface area contributed by atoms with Crippen molar-refractivity contribution in [3.8, 4) is 0 Å². The van der Waals surface area contributed by atoms with Crippen LogP contribution in [-0.2, 0) is 25.0 Å². The van der Waals surface area contributed by atoms with Crippen LogP contribution < -0.4 is 10.5 Å². The molecule has 10 nitrogen and oxygen atoms in total. The molecule has 0 spiro atoms. The Balaban J connectivity index is 1.22. The second kappa shape index (κ2) is 9.88. The third-order valence-corrected chi connectivity index (χ3v) is 12.5. The van der Waals surface area contributed by atoms with Gasteiger partial charge in [-0.15, -0.1) is 0 Å². The molecule has 4 N–H and O–H groups in total. The van der Waals surface area contributed by atoms with E-state index >= 15 is 4.39 Å². The fourth-order valence-corrected chi connectivity index (χ4v) is 10.2. The van der Waals surface area contributed by atoms with E-state index in [2.05, 4.69) is 0 Å². The summed E-state index contributed by atoms with van der Waals surface area (Å²) in [5, 5.41) is 10.6. The molecular formula is C23H37FN4O6S2. The van der Waals surface area contributed by atoms with Crippen molar-refractivity contribution in [2.75, 3.05) is 25.4 Å². The van der Waals surface area contributed by atoms with Crippen molar-refractivity contribution in [3.05, 3.63) is 11.6 Å². The van der Waals surface area contributed by atoms with Crippen LogP contribution in [0.5, 0.6) is 0 Å². The number of amides is 1. The molecule has 5 aliphatic rings. The van der Waals surface area contributed by atoms with E-state index in [-0.39, 0.29) is 36.0 Å². The third-order valence-electron chi connectivity index (χ3n) is 9.08. The van der Waals surface area contributed by atoms with Gasteiger partial charge in [-0.1, -0.05) is 11.6 Å². The lowest BCUT2D eigenvalue weighted by Gasteiger charge is -2.48. The molecule has 204 valence electrons. The average Bonchev–Trinajstić information content (AvgIpc) is 3.40. The van der Waals surface area contributed by atoms with E-state index in [4.69, 9.17) is 5.73 Å². The number of nitrogens with two attached hydrogens (primary N) is 1. The van der Waals surface area contributed by atoms with Gasteiger partial charge in [0, 0.05) is 19.1 Å². The lowest BCUT2D eigenvalue weighted by atomic mass is 9.63. The van der Waals surface area contributed by atoms with Crippen LogP contribution in [0.4, 0.5) is 4.39 Å². The van der Waals surface area contributed by atoms with Gasteiger partial charge in [0.2, 0.25) is 15.9 Å². The highest BCUT2D eigenvalue weighted by atomic mass is 32.2. The monoisotopic (exact) mass is 548 g/mol. The standard InChI is InChI=1S/C23H37FN4O6S2/c24-22-19-9-15(3-4-16(19)10-20(29)23(22)28-12-21(30)26-36(28,33)34)17-7-8-27(11-17)35(31,32)13-14-1-5-18(25)6-2-14/h7,14-16,18-20,22-23,29H,1-6,8-13,25H2,(H,26,30). The van der Waals surface area contributed by atoms with E-state index in [0.29, 0.717) is 25.9 Å². The number of nitrogens with one attached hydrogen (secondary N) is 1. The van der Waals surface area contributed by atoms with Gasteiger partial charge >= 0.3 is 10.2 Å². The maximum Gasteiger partial charge on any atom is 0.304 e. The Morgan fingerprint density at radius 3 is 2.50 bits per heavy atom. The number of halogens is 1. The van der Waals surface area contributed by atoms with Gasteiger partial charge in [0.15, 0.2) is 0 Å². The minimum absolute atomic E-state index is 0.0169. The third kappa shape index (κ3) is 5.11. The predicted octanol–water partition coefficient (Wildman–Crippen LogP) is 0.256. The lowest BCUT2D eigenvalue weighted by Crippen LogP contribution is -2.58. The van der Waals surface area contributed by atoms with Crippen molar-refractivity contribution in [3.63, 3.8) is 0 Å². The SMILES string of the molecule is NC1CCC(CS(=O)(=O)N2CC=C(C3CCC4CC(O)C(N5CC(=O)NS5(=O)=O)C(F)C4C3)C2)CC1. The van der Waals surface area contributed by atoms with Gasteiger partial charge in [0.25, 0.3) is 0 Å². The Bertz CT molecular complexity index is 1110. The molecule has 0 aromatic heterocycles. The molecule has 1 amide bonds. The molecule has 0 aromatic carbocycles. The maximum absolute atomic E-state index is 15.8. The summed E-state index contributed by atoms with van der Waals surface area (Å²) < 4.78 is 70.8. The van der Waals surface area contributed by atoms with Crippen molar-refractivity contribution in [1.82, 2.24) is 13.3 Å². The van der Waals surface area contributed by atoms with Crippen LogP contribution in [-0.4, -0.2) is 86.2 Å². The molecule has 0 bridgehead atoms. The molecule has 5 rings (SSSR count). The number of carbonyl (C=O) groups excluding carboxylic acids is 1. The van der Waals surface area contributed by atoms with Crippen LogP contribution in [0.2, 0.25) is 0 Å². The molecule has 3 saturated carbocycles. The molecule has 2 heterocycles. The summed E-state index contributed by atoms with van der Waals surface area (Å²) in [5.74, 6) is -0.971. The Morgan fingerprint density at radius 2 is 1.83 bits per heavy atom. The topological polar surface area (TPSA) is 150 Å². The number of fused-ring (bicyclic) bond motifs is 1. The fourth-order valence-electron chi connectivity index (χ4n) is 7.10. The van der Waals surface area contributed by atoms with Gasteiger partial charge in [-0.05, 0) is 75.0 Å². The second-order valence-electron chi connectivity index (χ2n) is 11.4. The molecule has 6 atom stereocenters. The van der Waals surface area contributed by atoms with Gasteiger partial charge in [0.1, 0.15) is 6.17 Å². The van der Waals surface area contributed by atoms with Crippen LogP contribution in [0.1, 0.15) is 51.4 Å². The Kier molecular flexibility index (Phi) is 7.27. The molecule has 0 aromatic rings. The van der Waals surface area contributed by atoms with Gasteiger partial charge < -0.3 is 10.8 Å². The van der Waals surface area contributed by atoms with E-state index in [9.17, 15) is 26.7 Å². The summed E-state index contributed by atoms with van der Waals surface area (Å²) in [6, 6.07) is -1.13. The van der Waals surface area contributed by atoms with Crippen LogP contribution in [0.3, 0.4) is 0 Å². The van der Waals surface area contributed by atoms with E-state index in [1.54, 1.807) is 0 Å². The molecule has 3 aliphatic carbocycles. The minimum Gasteiger partial charge on any atom is -0.391 e. The summed E-state index contributed by atoms with van der Waals surface area (Å²) in [4.78, 5) is 11.7. The summed E-state index contributed by atoms with van der Waals surface area (Å²) >= 11 is 0. The van der Waals surface area contributed by atoms with Crippen molar-refractivity contribution in [2.45, 2.75) is 75.7 Å². The predicted molar refractivity (Wildman–Crippen MR) is 131 cm³/mol. The summed E-state index contributed by atoms with van der Waals surface area (Å²) in [7, 11) is -7.57. The maximum atomic E-state index is 15.8. The van der Waals surface area contributed by atoms with Crippen molar-refractivity contribution >= 4 is 26.1 Å². The number of aliphatic hydroxyl groups is 1. The van der Waals surface area contributed by atoms with Gasteiger partial charge in [0.05, 0.1) is 24.4 Å². The number of hydrogen-bond donors (Lipinski definition) is 3. The average molecular weight is 549 g/mol. The van der Waals surface area contributed by atoms with Gasteiger partial charge in [-0.2, -0.15) is 17.0 Å². The largest absolute Gasteiger partial charge is 0.391 e. The van der Waals surface area contributed by atoms with E-state index in [1.165, 1.54) is 4.31 Å². The molecule has 2 aliphatic heterocycles. The number of aliphatic hydroxyl groups excluding tert-OH is 1. The first-order valence-electron chi connectivity index (χ1n) is 13.0. The van der Waals surface area contributed by atoms with E-state index in [1.807, 2.05) is 10.8 Å².